The molecule has 1 heterocycles. The minimum Gasteiger partial charge on any atom is -0.493 e. The summed E-state index contributed by atoms with van der Waals surface area (Å²) >= 11 is 3.43. The average molecular weight is 417 g/mol. The van der Waals surface area contributed by atoms with Crippen molar-refractivity contribution in [2.45, 2.75) is 13.5 Å². The molecule has 0 aliphatic heterocycles. The van der Waals surface area contributed by atoms with Crippen LogP contribution in [0.4, 0.5) is 0 Å². The summed E-state index contributed by atoms with van der Waals surface area (Å²) in [7, 11) is 1.63. The third kappa shape index (κ3) is 4.38. The highest BCUT2D eigenvalue weighted by Crippen LogP contribution is 2.30. The smallest absolute Gasteiger partial charge is 0.212 e. The first-order valence-electron chi connectivity index (χ1n) is 8.43. The van der Waals surface area contributed by atoms with Crippen LogP contribution in [0.25, 0.3) is 11.3 Å². The summed E-state index contributed by atoms with van der Waals surface area (Å²) in [6.45, 7) is 3.57. The van der Waals surface area contributed by atoms with Crippen molar-refractivity contribution >= 4 is 15.9 Å². The summed E-state index contributed by atoms with van der Waals surface area (Å²) < 4.78 is 19.7. The van der Waals surface area contributed by atoms with Crippen molar-refractivity contribution < 1.29 is 14.2 Å². The Morgan fingerprint density at radius 1 is 1.00 bits per heavy atom. The molecule has 0 unspecified atom stereocenters. The van der Waals surface area contributed by atoms with Crippen LogP contribution in [0, 0.1) is 0 Å². The van der Waals surface area contributed by atoms with Gasteiger partial charge in [0.05, 0.1) is 26.0 Å². The summed E-state index contributed by atoms with van der Waals surface area (Å²) in [5.74, 6) is 2.12. The highest BCUT2D eigenvalue weighted by Gasteiger charge is 2.11. The standard InChI is InChI=1S/C20H21BrN2O3/c1-3-25-20-14-17(15-7-5-4-6-8-15)22-23(20)11-12-26-18-10-9-16(21)13-19(18)24-2/h4-10,13-14H,3,11-12H2,1-2H3. The normalized spacial score (nSPS) is 10.6. The van der Waals surface area contributed by atoms with Crippen molar-refractivity contribution in [2.75, 3.05) is 20.3 Å². The molecule has 0 fully saturated rings. The summed E-state index contributed by atoms with van der Waals surface area (Å²) in [5, 5.41) is 4.66. The predicted octanol–water partition coefficient (Wildman–Crippen LogP) is 4.80. The fourth-order valence-corrected chi connectivity index (χ4v) is 2.92. The Kier molecular flexibility index (Phi) is 6.17. The van der Waals surface area contributed by atoms with E-state index in [1.54, 1.807) is 7.11 Å². The predicted molar refractivity (Wildman–Crippen MR) is 105 cm³/mol. The molecule has 6 heteroatoms. The summed E-state index contributed by atoms with van der Waals surface area (Å²) in [4.78, 5) is 0. The van der Waals surface area contributed by atoms with E-state index in [0.29, 0.717) is 31.3 Å². The zero-order chi connectivity index (χ0) is 18.4. The van der Waals surface area contributed by atoms with Crippen molar-refractivity contribution in [3.63, 3.8) is 0 Å². The van der Waals surface area contributed by atoms with Crippen LogP contribution in [-0.2, 0) is 6.54 Å². The van der Waals surface area contributed by atoms with Crippen molar-refractivity contribution in [2.24, 2.45) is 0 Å². The zero-order valence-electron chi connectivity index (χ0n) is 14.8. The molecule has 0 saturated heterocycles. The molecule has 26 heavy (non-hydrogen) atoms. The van der Waals surface area contributed by atoms with E-state index < -0.39 is 0 Å². The number of halogens is 1. The van der Waals surface area contributed by atoms with E-state index in [1.165, 1.54) is 0 Å². The quantitative estimate of drug-likeness (QED) is 0.528. The largest absolute Gasteiger partial charge is 0.493 e. The summed E-state index contributed by atoms with van der Waals surface area (Å²) in [6, 6.07) is 17.7. The van der Waals surface area contributed by atoms with E-state index >= 15 is 0 Å². The molecular weight excluding hydrogens is 396 g/mol. The van der Waals surface area contributed by atoms with E-state index in [9.17, 15) is 0 Å². The van der Waals surface area contributed by atoms with Gasteiger partial charge in [0.1, 0.15) is 6.61 Å². The molecule has 0 saturated carbocycles. The molecule has 0 bridgehead atoms. The Morgan fingerprint density at radius 3 is 2.54 bits per heavy atom. The maximum atomic E-state index is 5.87. The van der Waals surface area contributed by atoms with Gasteiger partial charge in [-0.15, -0.1) is 0 Å². The molecule has 0 aliphatic carbocycles. The van der Waals surface area contributed by atoms with Gasteiger partial charge in [0, 0.05) is 16.1 Å². The molecule has 0 aliphatic rings. The molecule has 0 atom stereocenters. The second-order valence-corrected chi connectivity index (χ2v) is 6.45. The van der Waals surface area contributed by atoms with E-state index in [1.807, 2.05) is 66.2 Å². The second kappa shape index (κ2) is 8.76. The van der Waals surface area contributed by atoms with Gasteiger partial charge in [-0.3, -0.25) is 0 Å². The van der Waals surface area contributed by atoms with Crippen molar-refractivity contribution in [3.8, 4) is 28.6 Å². The number of hydrogen-bond acceptors (Lipinski definition) is 4. The van der Waals surface area contributed by atoms with Gasteiger partial charge in [-0.05, 0) is 25.1 Å². The number of aromatic nitrogens is 2. The van der Waals surface area contributed by atoms with Gasteiger partial charge in [-0.25, -0.2) is 4.68 Å². The lowest BCUT2D eigenvalue weighted by molar-refractivity contribution is 0.252. The monoisotopic (exact) mass is 416 g/mol. The Morgan fingerprint density at radius 2 is 1.81 bits per heavy atom. The van der Waals surface area contributed by atoms with Crippen molar-refractivity contribution in [1.29, 1.82) is 0 Å². The van der Waals surface area contributed by atoms with Gasteiger partial charge < -0.3 is 14.2 Å². The first-order chi connectivity index (χ1) is 12.7. The van der Waals surface area contributed by atoms with E-state index in [0.717, 1.165) is 21.6 Å². The Hall–Kier alpha value is -2.47. The first kappa shape index (κ1) is 18.3. The fourth-order valence-electron chi connectivity index (χ4n) is 2.58. The molecular formula is C20H21BrN2O3. The Labute approximate surface area is 161 Å². The fraction of sp³-hybridized carbons (Fsp3) is 0.250. The van der Waals surface area contributed by atoms with E-state index in [-0.39, 0.29) is 0 Å². The maximum Gasteiger partial charge on any atom is 0.212 e. The number of hydrogen-bond donors (Lipinski definition) is 0. The third-order valence-corrected chi connectivity index (χ3v) is 4.28. The topological polar surface area (TPSA) is 45.5 Å². The number of benzene rings is 2. The van der Waals surface area contributed by atoms with Crippen LogP contribution in [0.15, 0.2) is 59.1 Å². The van der Waals surface area contributed by atoms with E-state index in [4.69, 9.17) is 14.2 Å². The number of ether oxygens (including phenoxy) is 3. The molecule has 1 aromatic heterocycles. The molecule has 0 N–H and O–H groups in total. The minimum absolute atomic E-state index is 0.452. The number of methoxy groups -OCH3 is 1. The summed E-state index contributed by atoms with van der Waals surface area (Å²) in [5.41, 5.74) is 1.94. The molecule has 5 nitrogen and oxygen atoms in total. The zero-order valence-corrected chi connectivity index (χ0v) is 16.4. The number of nitrogens with zero attached hydrogens (tertiary/aromatic N) is 2. The maximum absolute atomic E-state index is 5.87. The van der Waals surface area contributed by atoms with Crippen LogP contribution in [0.5, 0.6) is 17.4 Å². The lowest BCUT2D eigenvalue weighted by atomic mass is 10.2. The average Bonchev–Trinajstić information content (AvgIpc) is 3.07. The highest BCUT2D eigenvalue weighted by atomic mass is 79.9. The Bertz CT molecular complexity index is 850. The lowest BCUT2D eigenvalue weighted by Gasteiger charge is -2.12. The van der Waals surface area contributed by atoms with Crippen molar-refractivity contribution in [1.82, 2.24) is 9.78 Å². The van der Waals surface area contributed by atoms with Crippen LogP contribution in [0.3, 0.4) is 0 Å². The van der Waals surface area contributed by atoms with E-state index in [2.05, 4.69) is 21.0 Å². The minimum atomic E-state index is 0.452. The highest BCUT2D eigenvalue weighted by molar-refractivity contribution is 9.10. The molecule has 3 rings (SSSR count). The lowest BCUT2D eigenvalue weighted by Crippen LogP contribution is -2.12. The van der Waals surface area contributed by atoms with Gasteiger partial charge in [-0.2, -0.15) is 5.10 Å². The van der Waals surface area contributed by atoms with Crippen LogP contribution in [0.2, 0.25) is 0 Å². The first-order valence-corrected chi connectivity index (χ1v) is 9.23. The molecule has 3 aromatic rings. The van der Waals surface area contributed by atoms with Gasteiger partial charge >= 0.3 is 0 Å². The van der Waals surface area contributed by atoms with Crippen LogP contribution in [0.1, 0.15) is 6.92 Å². The molecule has 136 valence electrons. The molecule has 0 amide bonds. The van der Waals surface area contributed by atoms with Gasteiger partial charge in [0.15, 0.2) is 11.5 Å². The van der Waals surface area contributed by atoms with Gasteiger partial charge in [0.2, 0.25) is 5.88 Å². The number of rotatable bonds is 8. The Balaban J connectivity index is 1.72. The summed E-state index contributed by atoms with van der Waals surface area (Å²) in [6.07, 6.45) is 0. The second-order valence-electron chi connectivity index (χ2n) is 5.53. The van der Waals surface area contributed by atoms with Crippen molar-refractivity contribution in [3.05, 3.63) is 59.1 Å². The van der Waals surface area contributed by atoms with Crippen LogP contribution in [-0.4, -0.2) is 30.1 Å². The molecule has 2 aromatic carbocycles. The third-order valence-electron chi connectivity index (χ3n) is 3.79. The SMILES string of the molecule is CCOc1cc(-c2ccccc2)nn1CCOc1ccc(Br)cc1OC. The van der Waals surface area contributed by atoms with Crippen LogP contribution >= 0.6 is 15.9 Å². The van der Waals surface area contributed by atoms with Gasteiger partial charge in [-0.1, -0.05) is 46.3 Å². The van der Waals surface area contributed by atoms with Crippen LogP contribution < -0.4 is 14.2 Å². The molecule has 0 spiro atoms. The molecule has 0 radical (unpaired) electrons. The van der Waals surface area contributed by atoms with Gasteiger partial charge in [0.25, 0.3) is 0 Å².